The minimum absolute atomic E-state index is 0.113. The van der Waals surface area contributed by atoms with Crippen LogP contribution >= 0.6 is 0 Å². The van der Waals surface area contributed by atoms with Gasteiger partial charge in [-0.05, 0) is 30.9 Å². The van der Waals surface area contributed by atoms with E-state index in [4.69, 9.17) is 4.74 Å². The molecule has 0 saturated carbocycles. The number of carbonyl (C=O) groups is 1. The zero-order valence-electron chi connectivity index (χ0n) is 12.2. The Bertz CT molecular complexity index is 513. The second-order valence-electron chi connectivity index (χ2n) is 5.91. The van der Waals surface area contributed by atoms with E-state index in [1.54, 1.807) is 0 Å². The largest absolute Gasteiger partial charge is 0.489 e. The third-order valence-corrected chi connectivity index (χ3v) is 4.24. The first kappa shape index (κ1) is 13.3. The highest BCUT2D eigenvalue weighted by atomic mass is 16.5. The van der Waals surface area contributed by atoms with Gasteiger partial charge < -0.3 is 15.0 Å². The Morgan fingerprint density at radius 3 is 3.10 bits per heavy atom. The summed E-state index contributed by atoms with van der Waals surface area (Å²) >= 11 is 0. The summed E-state index contributed by atoms with van der Waals surface area (Å²) in [6.07, 6.45) is 2.21. The fourth-order valence-corrected chi connectivity index (χ4v) is 3.23. The summed E-state index contributed by atoms with van der Waals surface area (Å²) < 4.78 is 5.72. The third kappa shape index (κ3) is 2.23. The van der Waals surface area contributed by atoms with Crippen LogP contribution in [0.4, 0.5) is 5.69 Å². The van der Waals surface area contributed by atoms with Crippen LogP contribution in [0.25, 0.3) is 0 Å². The van der Waals surface area contributed by atoms with Crippen LogP contribution in [-0.4, -0.2) is 36.5 Å². The van der Waals surface area contributed by atoms with Crippen molar-refractivity contribution in [1.82, 2.24) is 4.90 Å². The van der Waals surface area contributed by atoms with E-state index in [-0.39, 0.29) is 5.91 Å². The number of ether oxygens (including phenoxy) is 1. The highest BCUT2D eigenvalue weighted by molar-refractivity contribution is 5.99. The lowest BCUT2D eigenvalue weighted by Crippen LogP contribution is -2.39. The van der Waals surface area contributed by atoms with Crippen LogP contribution in [-0.2, 0) is 0 Å². The van der Waals surface area contributed by atoms with E-state index in [9.17, 15) is 4.79 Å². The van der Waals surface area contributed by atoms with E-state index in [0.29, 0.717) is 24.1 Å². The van der Waals surface area contributed by atoms with Crippen molar-refractivity contribution >= 4 is 11.6 Å². The molecular weight excluding hydrogens is 252 g/mol. The fourth-order valence-electron chi connectivity index (χ4n) is 3.23. The standard InChI is InChI=1S/C16H22N2O2/c1-11(2)14-7-4-9-18(14)16(19)12-5-3-6-13-15(12)20-10-8-17-13/h3,5-6,11,14,17H,4,7-10H2,1-2H3. The van der Waals surface area contributed by atoms with Gasteiger partial charge in [0.1, 0.15) is 6.61 Å². The average molecular weight is 274 g/mol. The minimum atomic E-state index is 0.113. The first-order valence-electron chi connectivity index (χ1n) is 7.49. The van der Waals surface area contributed by atoms with Crippen LogP contribution in [0.1, 0.15) is 37.0 Å². The summed E-state index contributed by atoms with van der Waals surface area (Å²) in [5, 5.41) is 3.29. The molecule has 1 unspecified atom stereocenters. The van der Waals surface area contributed by atoms with Gasteiger partial charge >= 0.3 is 0 Å². The maximum absolute atomic E-state index is 12.9. The molecule has 1 amide bonds. The highest BCUT2D eigenvalue weighted by Crippen LogP contribution is 2.34. The van der Waals surface area contributed by atoms with E-state index in [1.165, 1.54) is 0 Å². The van der Waals surface area contributed by atoms with Gasteiger partial charge in [0.15, 0.2) is 5.75 Å². The molecule has 20 heavy (non-hydrogen) atoms. The Kier molecular flexibility index (Phi) is 3.55. The van der Waals surface area contributed by atoms with Gasteiger partial charge in [0.25, 0.3) is 5.91 Å². The molecule has 4 heteroatoms. The number of carbonyl (C=O) groups excluding carboxylic acids is 1. The predicted octanol–water partition coefficient (Wildman–Crippen LogP) is 2.75. The molecule has 3 rings (SSSR count). The molecule has 1 N–H and O–H groups in total. The van der Waals surface area contributed by atoms with Crippen LogP contribution in [0.15, 0.2) is 18.2 Å². The molecular formula is C16H22N2O2. The van der Waals surface area contributed by atoms with Crippen molar-refractivity contribution in [3.8, 4) is 5.75 Å². The van der Waals surface area contributed by atoms with Crippen LogP contribution < -0.4 is 10.1 Å². The molecule has 1 atom stereocenters. The summed E-state index contributed by atoms with van der Waals surface area (Å²) in [6.45, 7) is 6.65. The van der Waals surface area contributed by atoms with Crippen LogP contribution in [0.2, 0.25) is 0 Å². The number of amides is 1. The van der Waals surface area contributed by atoms with Gasteiger partial charge in [-0.3, -0.25) is 4.79 Å². The molecule has 0 radical (unpaired) electrons. The van der Waals surface area contributed by atoms with Crippen LogP contribution in [0.3, 0.4) is 0 Å². The van der Waals surface area contributed by atoms with Crippen molar-refractivity contribution in [1.29, 1.82) is 0 Å². The molecule has 1 saturated heterocycles. The van der Waals surface area contributed by atoms with Crippen LogP contribution in [0, 0.1) is 5.92 Å². The van der Waals surface area contributed by atoms with Gasteiger partial charge in [-0.2, -0.15) is 0 Å². The number of fused-ring (bicyclic) bond motifs is 1. The normalized spacial score (nSPS) is 21.4. The molecule has 1 fully saturated rings. The molecule has 1 aromatic carbocycles. The zero-order valence-corrected chi connectivity index (χ0v) is 12.2. The van der Waals surface area contributed by atoms with Gasteiger partial charge in [0.05, 0.1) is 11.3 Å². The van der Waals surface area contributed by atoms with Crippen molar-refractivity contribution in [3.63, 3.8) is 0 Å². The van der Waals surface area contributed by atoms with Gasteiger partial charge in [-0.15, -0.1) is 0 Å². The van der Waals surface area contributed by atoms with Gasteiger partial charge in [0.2, 0.25) is 0 Å². The molecule has 0 bridgehead atoms. The van der Waals surface area contributed by atoms with E-state index < -0.39 is 0 Å². The number of rotatable bonds is 2. The number of para-hydroxylation sites is 1. The Hall–Kier alpha value is -1.71. The highest BCUT2D eigenvalue weighted by Gasteiger charge is 2.33. The van der Waals surface area contributed by atoms with Crippen molar-refractivity contribution in [2.24, 2.45) is 5.92 Å². The second-order valence-corrected chi connectivity index (χ2v) is 5.91. The first-order valence-corrected chi connectivity index (χ1v) is 7.49. The molecule has 2 aliphatic rings. The van der Waals surface area contributed by atoms with E-state index in [0.717, 1.165) is 37.4 Å². The minimum Gasteiger partial charge on any atom is -0.489 e. The molecule has 0 aromatic heterocycles. The number of benzene rings is 1. The van der Waals surface area contributed by atoms with E-state index >= 15 is 0 Å². The van der Waals surface area contributed by atoms with Crippen molar-refractivity contribution < 1.29 is 9.53 Å². The van der Waals surface area contributed by atoms with E-state index in [1.807, 2.05) is 23.1 Å². The smallest absolute Gasteiger partial charge is 0.257 e. The maximum Gasteiger partial charge on any atom is 0.257 e. The molecule has 0 spiro atoms. The molecule has 2 aliphatic heterocycles. The van der Waals surface area contributed by atoms with Gasteiger partial charge in [-0.25, -0.2) is 0 Å². The van der Waals surface area contributed by atoms with Gasteiger partial charge in [-0.1, -0.05) is 19.9 Å². The van der Waals surface area contributed by atoms with Crippen molar-refractivity contribution in [2.45, 2.75) is 32.7 Å². The molecule has 0 aliphatic carbocycles. The number of hydrogen-bond donors (Lipinski definition) is 1. The average Bonchev–Trinajstić information content (AvgIpc) is 2.95. The van der Waals surface area contributed by atoms with E-state index in [2.05, 4.69) is 19.2 Å². The predicted molar refractivity (Wildman–Crippen MR) is 79.3 cm³/mol. The number of anilines is 1. The topological polar surface area (TPSA) is 41.6 Å². The Balaban J connectivity index is 1.91. The Labute approximate surface area is 120 Å². The monoisotopic (exact) mass is 274 g/mol. The number of likely N-dealkylation sites (tertiary alicyclic amines) is 1. The second kappa shape index (κ2) is 5.35. The number of nitrogens with one attached hydrogen (secondary N) is 1. The molecule has 2 heterocycles. The Morgan fingerprint density at radius 1 is 1.45 bits per heavy atom. The third-order valence-electron chi connectivity index (χ3n) is 4.24. The summed E-state index contributed by atoms with van der Waals surface area (Å²) in [6, 6.07) is 6.13. The lowest BCUT2D eigenvalue weighted by atomic mass is 10.0. The SMILES string of the molecule is CC(C)C1CCCN1C(=O)c1cccc2c1OCCN2. The molecule has 4 nitrogen and oxygen atoms in total. The summed E-state index contributed by atoms with van der Waals surface area (Å²) in [5.41, 5.74) is 1.63. The number of nitrogens with zero attached hydrogens (tertiary/aromatic N) is 1. The summed E-state index contributed by atoms with van der Waals surface area (Å²) in [7, 11) is 0. The fraction of sp³-hybridized carbons (Fsp3) is 0.562. The lowest BCUT2D eigenvalue weighted by molar-refractivity contribution is 0.0697. The first-order chi connectivity index (χ1) is 9.68. The van der Waals surface area contributed by atoms with Crippen molar-refractivity contribution in [2.75, 3.05) is 25.0 Å². The zero-order chi connectivity index (χ0) is 14.1. The summed E-state index contributed by atoms with van der Waals surface area (Å²) in [5.74, 6) is 1.33. The Morgan fingerprint density at radius 2 is 2.30 bits per heavy atom. The van der Waals surface area contributed by atoms with Gasteiger partial charge in [0, 0.05) is 19.1 Å². The lowest BCUT2D eigenvalue weighted by Gasteiger charge is -2.29. The molecule has 108 valence electrons. The van der Waals surface area contributed by atoms with Crippen molar-refractivity contribution in [3.05, 3.63) is 23.8 Å². The quantitative estimate of drug-likeness (QED) is 0.901. The number of hydrogen-bond acceptors (Lipinski definition) is 3. The van der Waals surface area contributed by atoms with Crippen LogP contribution in [0.5, 0.6) is 5.75 Å². The summed E-state index contributed by atoms with van der Waals surface area (Å²) in [4.78, 5) is 14.9. The molecule has 1 aromatic rings. The maximum atomic E-state index is 12.9.